The van der Waals surface area contributed by atoms with Crippen molar-refractivity contribution in [2.45, 2.75) is 31.5 Å². The second-order valence-corrected chi connectivity index (χ2v) is 12.6. The highest BCUT2D eigenvalue weighted by Crippen LogP contribution is 2.33. The lowest BCUT2D eigenvalue weighted by atomic mass is 9.78. The summed E-state index contributed by atoms with van der Waals surface area (Å²) in [5.41, 5.74) is 2.01. The summed E-state index contributed by atoms with van der Waals surface area (Å²) in [6.07, 6.45) is -1.49. The third kappa shape index (κ3) is 9.76. The van der Waals surface area contributed by atoms with E-state index in [-0.39, 0.29) is 31.8 Å². The van der Waals surface area contributed by atoms with Crippen LogP contribution in [0.3, 0.4) is 0 Å². The number of ether oxygens (including phenoxy) is 4. The fourth-order valence-corrected chi connectivity index (χ4v) is 4.75. The van der Waals surface area contributed by atoms with Crippen LogP contribution in [0.15, 0.2) is 97.1 Å². The van der Waals surface area contributed by atoms with Gasteiger partial charge in [0.25, 0.3) is 0 Å². The maximum Gasteiger partial charge on any atom is 0.122 e. The maximum absolute atomic E-state index is 10.3. The predicted octanol–water partition coefficient (Wildman–Crippen LogP) is 6.86. The molecule has 6 nitrogen and oxygen atoms in total. The zero-order valence-electron chi connectivity index (χ0n) is 23.0. The van der Waals surface area contributed by atoms with Crippen molar-refractivity contribution >= 4 is 45.2 Å². The topological polar surface area (TPSA) is 77.4 Å². The van der Waals surface area contributed by atoms with Gasteiger partial charge >= 0.3 is 0 Å². The van der Waals surface area contributed by atoms with Crippen LogP contribution in [-0.4, -0.2) is 48.8 Å². The molecular formula is C33H34I2O6. The fraction of sp³-hybridized carbons (Fsp3) is 0.273. The molecule has 0 bridgehead atoms. The van der Waals surface area contributed by atoms with Crippen molar-refractivity contribution < 1.29 is 29.2 Å². The van der Waals surface area contributed by atoms with Crippen molar-refractivity contribution in [3.8, 4) is 23.0 Å². The first kappa shape index (κ1) is 31.4. The Morgan fingerprint density at radius 1 is 0.488 bits per heavy atom. The van der Waals surface area contributed by atoms with Crippen LogP contribution < -0.4 is 18.9 Å². The molecule has 0 fully saturated rings. The summed E-state index contributed by atoms with van der Waals surface area (Å²) >= 11 is 4.47. The third-order valence-electron chi connectivity index (χ3n) is 6.55. The molecule has 41 heavy (non-hydrogen) atoms. The Hall–Kier alpha value is -2.54. The van der Waals surface area contributed by atoms with Gasteiger partial charge in [-0.1, -0.05) is 38.1 Å². The highest BCUT2D eigenvalue weighted by Gasteiger charge is 2.23. The van der Waals surface area contributed by atoms with Gasteiger partial charge in [-0.05, 0) is 129 Å². The Morgan fingerprint density at radius 3 is 1.00 bits per heavy atom. The number of aliphatic hydroxyl groups is 2. The summed E-state index contributed by atoms with van der Waals surface area (Å²) in [5, 5.41) is 20.5. The minimum Gasteiger partial charge on any atom is -0.491 e. The molecule has 2 atom stereocenters. The normalized spacial score (nSPS) is 12.8. The van der Waals surface area contributed by atoms with Crippen LogP contribution in [0.25, 0.3) is 0 Å². The van der Waals surface area contributed by atoms with Gasteiger partial charge in [0.15, 0.2) is 0 Å². The molecule has 0 aromatic heterocycles. The number of halogens is 2. The van der Waals surface area contributed by atoms with E-state index in [1.54, 1.807) is 0 Å². The van der Waals surface area contributed by atoms with E-state index in [1.807, 2.05) is 97.1 Å². The molecule has 0 amide bonds. The second kappa shape index (κ2) is 15.1. The minimum atomic E-state index is -0.743. The van der Waals surface area contributed by atoms with E-state index in [4.69, 9.17) is 18.9 Å². The van der Waals surface area contributed by atoms with Gasteiger partial charge in [0.05, 0.1) is 0 Å². The van der Waals surface area contributed by atoms with Gasteiger partial charge in [0.2, 0.25) is 0 Å². The third-order valence-corrected chi connectivity index (χ3v) is 7.99. The minimum absolute atomic E-state index is 0.140. The summed E-state index contributed by atoms with van der Waals surface area (Å²) in [5.74, 6) is 2.81. The van der Waals surface area contributed by atoms with Crippen LogP contribution in [0.5, 0.6) is 23.0 Å². The summed E-state index contributed by atoms with van der Waals surface area (Å²) in [6, 6.07) is 31.2. The molecule has 4 rings (SSSR count). The molecule has 0 saturated heterocycles. The van der Waals surface area contributed by atoms with Gasteiger partial charge < -0.3 is 29.2 Å². The smallest absolute Gasteiger partial charge is 0.122 e. The van der Waals surface area contributed by atoms with E-state index < -0.39 is 12.2 Å². The van der Waals surface area contributed by atoms with Gasteiger partial charge in [0.1, 0.15) is 61.6 Å². The van der Waals surface area contributed by atoms with Crippen LogP contribution in [0.4, 0.5) is 0 Å². The van der Waals surface area contributed by atoms with Crippen molar-refractivity contribution in [2.24, 2.45) is 0 Å². The quantitative estimate of drug-likeness (QED) is 0.136. The number of aliphatic hydroxyl groups excluding tert-OH is 2. The zero-order chi connectivity index (χ0) is 29.2. The Balaban J connectivity index is 1.22. The van der Waals surface area contributed by atoms with E-state index in [1.165, 1.54) is 0 Å². The molecule has 0 radical (unpaired) electrons. The lowest BCUT2D eigenvalue weighted by molar-refractivity contribution is 0.0626. The monoisotopic (exact) mass is 780 g/mol. The fourth-order valence-electron chi connectivity index (χ4n) is 4.03. The molecule has 2 N–H and O–H groups in total. The number of benzene rings is 4. The van der Waals surface area contributed by atoms with E-state index in [2.05, 4.69) is 59.0 Å². The summed E-state index contributed by atoms with van der Waals surface area (Å²) in [4.78, 5) is 0. The first-order valence-corrected chi connectivity index (χ1v) is 15.4. The molecule has 8 heteroatoms. The molecule has 4 aromatic carbocycles. The van der Waals surface area contributed by atoms with Crippen molar-refractivity contribution in [3.05, 3.63) is 115 Å². The van der Waals surface area contributed by atoms with E-state index in [0.717, 1.165) is 29.8 Å². The lowest BCUT2D eigenvalue weighted by Gasteiger charge is -2.26. The molecule has 4 aromatic rings. The summed E-state index contributed by atoms with van der Waals surface area (Å²) < 4.78 is 25.1. The van der Waals surface area contributed by atoms with Crippen LogP contribution >= 0.6 is 45.2 Å². The molecule has 0 aliphatic rings. The SMILES string of the molecule is CC(C)(c1ccc(OCC(O)COc2ccc(I)cc2)cc1)c1ccc(OCC(O)COc2ccc(I)cc2)cc1. The van der Waals surface area contributed by atoms with Crippen molar-refractivity contribution in [1.29, 1.82) is 0 Å². The first-order chi connectivity index (χ1) is 19.7. The molecule has 0 spiro atoms. The van der Waals surface area contributed by atoms with Gasteiger partial charge in [-0.15, -0.1) is 0 Å². The molecular weight excluding hydrogens is 746 g/mol. The zero-order valence-corrected chi connectivity index (χ0v) is 27.3. The molecule has 2 unspecified atom stereocenters. The molecule has 0 aliphatic carbocycles. The van der Waals surface area contributed by atoms with Crippen LogP contribution in [0.1, 0.15) is 25.0 Å². The largest absolute Gasteiger partial charge is 0.491 e. The van der Waals surface area contributed by atoms with E-state index >= 15 is 0 Å². The average Bonchev–Trinajstić information content (AvgIpc) is 2.99. The van der Waals surface area contributed by atoms with E-state index in [9.17, 15) is 10.2 Å². The Morgan fingerprint density at radius 2 is 0.732 bits per heavy atom. The molecule has 0 heterocycles. The van der Waals surface area contributed by atoms with Crippen molar-refractivity contribution in [3.63, 3.8) is 0 Å². The molecule has 0 saturated carbocycles. The van der Waals surface area contributed by atoms with Gasteiger partial charge in [-0.2, -0.15) is 0 Å². The number of hydrogen-bond acceptors (Lipinski definition) is 6. The summed E-state index contributed by atoms with van der Waals surface area (Å²) in [6.45, 7) is 4.92. The predicted molar refractivity (Wildman–Crippen MR) is 177 cm³/mol. The second-order valence-electron chi connectivity index (χ2n) is 10.1. The molecule has 0 aliphatic heterocycles. The number of rotatable bonds is 14. The van der Waals surface area contributed by atoms with Crippen LogP contribution in [-0.2, 0) is 5.41 Å². The lowest BCUT2D eigenvalue weighted by Crippen LogP contribution is -2.25. The van der Waals surface area contributed by atoms with Crippen LogP contribution in [0, 0.1) is 7.14 Å². The molecule has 216 valence electrons. The van der Waals surface area contributed by atoms with Crippen LogP contribution in [0.2, 0.25) is 0 Å². The van der Waals surface area contributed by atoms with Crippen molar-refractivity contribution in [1.82, 2.24) is 0 Å². The number of hydrogen-bond donors (Lipinski definition) is 2. The Bertz CT molecular complexity index is 1240. The van der Waals surface area contributed by atoms with Crippen molar-refractivity contribution in [2.75, 3.05) is 26.4 Å². The van der Waals surface area contributed by atoms with E-state index in [0.29, 0.717) is 11.5 Å². The highest BCUT2D eigenvalue weighted by molar-refractivity contribution is 14.1. The Labute approximate surface area is 268 Å². The van der Waals surface area contributed by atoms with Gasteiger partial charge in [0, 0.05) is 12.6 Å². The standard InChI is InChI=1S/C33H34I2O6/c1-33(2,23-3-11-29(12-4-23)38-19-27(36)21-40-31-15-7-25(34)8-16-31)24-5-13-30(14-6-24)39-20-28(37)22-41-32-17-9-26(35)10-18-32/h3-18,27-28,36-37H,19-22H2,1-2H3. The maximum atomic E-state index is 10.3. The Kier molecular flexibility index (Phi) is 11.5. The first-order valence-electron chi connectivity index (χ1n) is 13.3. The highest BCUT2D eigenvalue weighted by atomic mass is 127. The average molecular weight is 780 g/mol. The summed E-state index contributed by atoms with van der Waals surface area (Å²) in [7, 11) is 0. The van der Waals surface area contributed by atoms with Gasteiger partial charge in [-0.3, -0.25) is 0 Å². The van der Waals surface area contributed by atoms with Gasteiger partial charge in [-0.25, -0.2) is 0 Å².